The van der Waals surface area contributed by atoms with Gasteiger partial charge in [0.1, 0.15) is 0 Å². The van der Waals surface area contributed by atoms with Gasteiger partial charge in [-0.15, -0.1) is 0 Å². The van der Waals surface area contributed by atoms with E-state index in [0.29, 0.717) is 6.04 Å². The Morgan fingerprint density at radius 2 is 2.00 bits per heavy atom. The van der Waals surface area contributed by atoms with Crippen LogP contribution in [0.1, 0.15) is 46.5 Å². The number of hydrogen-bond acceptors (Lipinski definition) is 2. The smallest absolute Gasteiger partial charge is 0.237 e. The monoisotopic (exact) mass is 224 g/mol. The van der Waals surface area contributed by atoms with Crippen molar-refractivity contribution >= 4 is 5.91 Å². The molecule has 0 heterocycles. The summed E-state index contributed by atoms with van der Waals surface area (Å²) in [5, 5.41) is 3.15. The number of rotatable bonds is 2. The Morgan fingerprint density at radius 3 is 2.44 bits per heavy atom. The molecule has 0 saturated heterocycles. The van der Waals surface area contributed by atoms with Crippen LogP contribution in [0.25, 0.3) is 0 Å². The van der Waals surface area contributed by atoms with Gasteiger partial charge in [-0.05, 0) is 36.5 Å². The average molecular weight is 224 g/mol. The Bertz CT molecular complexity index is 282. The summed E-state index contributed by atoms with van der Waals surface area (Å²) in [6.45, 7) is 6.04. The second-order valence-electron chi connectivity index (χ2n) is 6.63. The summed E-state index contributed by atoms with van der Waals surface area (Å²) in [5.74, 6) is 1.62. The lowest BCUT2D eigenvalue weighted by molar-refractivity contribution is -0.125. The van der Waals surface area contributed by atoms with Crippen LogP contribution in [0.5, 0.6) is 0 Å². The van der Waals surface area contributed by atoms with Crippen LogP contribution < -0.4 is 11.1 Å². The van der Waals surface area contributed by atoms with Crippen molar-refractivity contribution in [2.24, 2.45) is 23.0 Å². The summed E-state index contributed by atoms with van der Waals surface area (Å²) in [5.41, 5.74) is 5.81. The summed E-state index contributed by atoms with van der Waals surface area (Å²) in [7, 11) is 0. The molecule has 2 fully saturated rings. The van der Waals surface area contributed by atoms with Crippen molar-refractivity contribution in [2.45, 2.75) is 58.5 Å². The van der Waals surface area contributed by atoms with Crippen LogP contribution in [0.4, 0.5) is 0 Å². The molecule has 3 unspecified atom stereocenters. The van der Waals surface area contributed by atoms with Gasteiger partial charge in [-0.3, -0.25) is 4.79 Å². The Labute approximate surface area is 98.2 Å². The number of fused-ring (bicyclic) bond motifs is 2. The predicted molar refractivity (Wildman–Crippen MR) is 64.8 cm³/mol. The molecule has 16 heavy (non-hydrogen) atoms. The second-order valence-corrected chi connectivity index (χ2v) is 6.63. The van der Waals surface area contributed by atoms with Gasteiger partial charge < -0.3 is 11.1 Å². The fraction of sp³-hybridized carbons (Fsp3) is 0.923. The van der Waals surface area contributed by atoms with Crippen LogP contribution in [0.3, 0.4) is 0 Å². The Hall–Kier alpha value is -0.570. The van der Waals surface area contributed by atoms with Crippen molar-refractivity contribution < 1.29 is 4.79 Å². The van der Waals surface area contributed by atoms with E-state index in [1.54, 1.807) is 0 Å². The highest BCUT2D eigenvalue weighted by Crippen LogP contribution is 2.44. The van der Waals surface area contributed by atoms with Gasteiger partial charge in [-0.1, -0.05) is 27.2 Å². The lowest BCUT2D eigenvalue weighted by Gasteiger charge is -2.29. The van der Waals surface area contributed by atoms with Crippen LogP contribution in [-0.2, 0) is 4.79 Å². The van der Waals surface area contributed by atoms with E-state index in [9.17, 15) is 4.79 Å². The minimum atomic E-state index is -0.397. The second kappa shape index (κ2) is 4.02. The highest BCUT2D eigenvalue weighted by atomic mass is 16.2. The third-order valence-corrected chi connectivity index (χ3v) is 4.28. The van der Waals surface area contributed by atoms with Crippen molar-refractivity contribution in [3.63, 3.8) is 0 Å². The maximum Gasteiger partial charge on any atom is 0.237 e. The Balaban J connectivity index is 1.88. The quantitative estimate of drug-likeness (QED) is 0.749. The zero-order valence-electron chi connectivity index (χ0n) is 10.6. The first kappa shape index (κ1) is 11.9. The first-order chi connectivity index (χ1) is 7.38. The highest BCUT2D eigenvalue weighted by molar-refractivity contribution is 5.82. The lowest BCUT2D eigenvalue weighted by Crippen LogP contribution is -2.52. The molecular weight excluding hydrogens is 200 g/mol. The SMILES string of the molecule is CC(C)(C)[C@H](N)C(=O)NC1CC2CCC1C2. The Kier molecular flexibility index (Phi) is 2.99. The molecule has 0 radical (unpaired) electrons. The molecule has 3 heteroatoms. The molecular formula is C13H24N2O. The van der Waals surface area contributed by atoms with Gasteiger partial charge in [-0.2, -0.15) is 0 Å². The summed E-state index contributed by atoms with van der Waals surface area (Å²) >= 11 is 0. The number of carbonyl (C=O) groups excluding carboxylic acids is 1. The molecule has 2 bridgehead atoms. The molecule has 3 nitrogen and oxygen atoms in total. The molecule has 0 aliphatic heterocycles. The van der Waals surface area contributed by atoms with Gasteiger partial charge in [0.2, 0.25) is 5.91 Å². The molecule has 92 valence electrons. The minimum absolute atomic E-state index is 0.0325. The van der Waals surface area contributed by atoms with E-state index in [1.807, 2.05) is 20.8 Å². The highest BCUT2D eigenvalue weighted by Gasteiger charge is 2.41. The summed E-state index contributed by atoms with van der Waals surface area (Å²) in [4.78, 5) is 12.0. The predicted octanol–water partition coefficient (Wildman–Crippen LogP) is 1.66. The van der Waals surface area contributed by atoms with E-state index in [4.69, 9.17) is 5.73 Å². The van der Waals surface area contributed by atoms with Gasteiger partial charge in [0.15, 0.2) is 0 Å². The third kappa shape index (κ3) is 2.24. The fourth-order valence-electron chi connectivity index (χ4n) is 3.09. The fourth-order valence-corrected chi connectivity index (χ4v) is 3.09. The van der Waals surface area contributed by atoms with Gasteiger partial charge in [0.25, 0.3) is 0 Å². The van der Waals surface area contributed by atoms with Crippen LogP contribution >= 0.6 is 0 Å². The van der Waals surface area contributed by atoms with E-state index < -0.39 is 6.04 Å². The van der Waals surface area contributed by atoms with E-state index in [1.165, 1.54) is 25.7 Å². The summed E-state index contributed by atoms with van der Waals surface area (Å²) in [6, 6.07) is 0.00581. The van der Waals surface area contributed by atoms with Crippen molar-refractivity contribution in [3.8, 4) is 0 Å². The molecule has 0 aromatic carbocycles. The first-order valence-corrected chi connectivity index (χ1v) is 6.44. The molecule has 0 aromatic rings. The topological polar surface area (TPSA) is 55.1 Å². The Morgan fingerprint density at radius 1 is 1.31 bits per heavy atom. The van der Waals surface area contributed by atoms with Crippen molar-refractivity contribution in [1.29, 1.82) is 0 Å². The zero-order valence-corrected chi connectivity index (χ0v) is 10.6. The van der Waals surface area contributed by atoms with Crippen LogP contribution in [0.15, 0.2) is 0 Å². The summed E-state index contributed by atoms with van der Waals surface area (Å²) in [6.07, 6.45) is 5.14. The molecule has 0 aromatic heterocycles. The summed E-state index contributed by atoms with van der Waals surface area (Å²) < 4.78 is 0. The van der Waals surface area contributed by atoms with E-state index in [-0.39, 0.29) is 11.3 Å². The normalized spacial score (nSPS) is 35.1. The first-order valence-electron chi connectivity index (χ1n) is 6.44. The van der Waals surface area contributed by atoms with Crippen LogP contribution in [-0.4, -0.2) is 18.0 Å². The van der Waals surface area contributed by atoms with Gasteiger partial charge in [0.05, 0.1) is 6.04 Å². The minimum Gasteiger partial charge on any atom is -0.352 e. The number of nitrogens with two attached hydrogens (primary N) is 1. The van der Waals surface area contributed by atoms with Crippen molar-refractivity contribution in [2.75, 3.05) is 0 Å². The number of carbonyl (C=O) groups is 1. The van der Waals surface area contributed by atoms with Crippen LogP contribution in [0, 0.1) is 17.3 Å². The van der Waals surface area contributed by atoms with Crippen molar-refractivity contribution in [1.82, 2.24) is 5.32 Å². The molecule has 2 rings (SSSR count). The maximum atomic E-state index is 12.0. The largest absolute Gasteiger partial charge is 0.352 e. The molecule has 2 aliphatic rings. The van der Waals surface area contributed by atoms with E-state index in [0.717, 1.165) is 11.8 Å². The van der Waals surface area contributed by atoms with E-state index >= 15 is 0 Å². The van der Waals surface area contributed by atoms with Crippen LogP contribution in [0.2, 0.25) is 0 Å². The van der Waals surface area contributed by atoms with Gasteiger partial charge in [0, 0.05) is 6.04 Å². The lowest BCUT2D eigenvalue weighted by atomic mass is 9.86. The van der Waals surface area contributed by atoms with Crippen molar-refractivity contribution in [3.05, 3.63) is 0 Å². The maximum absolute atomic E-state index is 12.0. The molecule has 2 aliphatic carbocycles. The average Bonchev–Trinajstić information content (AvgIpc) is 2.76. The number of hydrogen-bond donors (Lipinski definition) is 2. The third-order valence-electron chi connectivity index (χ3n) is 4.28. The molecule has 2 saturated carbocycles. The van der Waals surface area contributed by atoms with E-state index in [2.05, 4.69) is 5.32 Å². The van der Waals surface area contributed by atoms with Gasteiger partial charge in [-0.25, -0.2) is 0 Å². The zero-order chi connectivity index (χ0) is 11.9. The van der Waals surface area contributed by atoms with Gasteiger partial charge >= 0.3 is 0 Å². The number of amides is 1. The molecule has 3 N–H and O–H groups in total. The standard InChI is InChI=1S/C13H24N2O/c1-13(2,3)11(14)12(16)15-10-7-8-4-5-9(10)6-8/h8-11H,4-7,14H2,1-3H3,(H,15,16)/t8?,9?,10?,11-/m1/s1. The molecule has 1 amide bonds. The molecule has 4 atom stereocenters. The molecule has 0 spiro atoms. The number of nitrogens with one attached hydrogen (secondary N) is 1.